The van der Waals surface area contributed by atoms with Crippen LogP contribution in [0.4, 0.5) is 18.9 Å². The maximum atomic E-state index is 13.2. The van der Waals surface area contributed by atoms with Crippen molar-refractivity contribution in [2.45, 2.75) is 32.5 Å². The number of nitrogens with zero attached hydrogens (tertiary/aromatic N) is 1. The van der Waals surface area contributed by atoms with E-state index in [0.29, 0.717) is 5.69 Å². The number of alkyl halides is 3. The molecule has 0 aliphatic heterocycles. The summed E-state index contributed by atoms with van der Waals surface area (Å²) in [6, 6.07) is 5.34. The van der Waals surface area contributed by atoms with Crippen LogP contribution in [0, 0.1) is 0 Å². The molecule has 0 aliphatic carbocycles. The number of benzene rings is 1. The third kappa shape index (κ3) is 4.04. The molecule has 0 unspecified atom stereocenters. The van der Waals surface area contributed by atoms with Gasteiger partial charge >= 0.3 is 6.18 Å². The first-order valence-corrected chi connectivity index (χ1v) is 7.20. The first kappa shape index (κ1) is 17.3. The summed E-state index contributed by atoms with van der Waals surface area (Å²) in [5.74, 6) is -0.0640. The number of anilines is 1. The second-order valence-electron chi connectivity index (χ2n) is 5.84. The molecule has 0 aliphatic rings. The Labute approximate surface area is 132 Å². The zero-order valence-corrected chi connectivity index (χ0v) is 13.2. The molecule has 4 nitrogen and oxygen atoms in total. The SMILES string of the molecule is CCOc1cc(C(F)(F)F)c2ccc(NC(C)(C)CO)cc2n1. The van der Waals surface area contributed by atoms with Gasteiger partial charge in [0.15, 0.2) is 0 Å². The van der Waals surface area contributed by atoms with Crippen LogP contribution in [0.1, 0.15) is 26.3 Å². The Balaban J connectivity index is 2.56. The Morgan fingerprint density at radius 2 is 1.91 bits per heavy atom. The van der Waals surface area contributed by atoms with Gasteiger partial charge in [-0.2, -0.15) is 13.2 Å². The van der Waals surface area contributed by atoms with Gasteiger partial charge < -0.3 is 15.2 Å². The van der Waals surface area contributed by atoms with Crippen LogP contribution in [0.2, 0.25) is 0 Å². The van der Waals surface area contributed by atoms with Crippen molar-refractivity contribution in [1.82, 2.24) is 4.98 Å². The summed E-state index contributed by atoms with van der Waals surface area (Å²) >= 11 is 0. The lowest BCUT2D eigenvalue weighted by atomic mass is 10.0. The van der Waals surface area contributed by atoms with Crippen molar-refractivity contribution in [2.24, 2.45) is 0 Å². The largest absolute Gasteiger partial charge is 0.478 e. The maximum absolute atomic E-state index is 13.2. The third-order valence-electron chi connectivity index (χ3n) is 3.26. The fourth-order valence-electron chi connectivity index (χ4n) is 2.17. The molecule has 0 radical (unpaired) electrons. The number of halogens is 3. The molecule has 1 heterocycles. The van der Waals surface area contributed by atoms with Crippen molar-refractivity contribution >= 4 is 16.6 Å². The van der Waals surface area contributed by atoms with E-state index in [0.717, 1.165) is 6.07 Å². The van der Waals surface area contributed by atoms with Crippen molar-refractivity contribution in [3.63, 3.8) is 0 Å². The Bertz CT molecular complexity index is 700. The van der Waals surface area contributed by atoms with E-state index in [-0.39, 0.29) is 30.0 Å². The molecule has 0 bridgehead atoms. The Morgan fingerprint density at radius 1 is 1.22 bits per heavy atom. The lowest BCUT2D eigenvalue weighted by Crippen LogP contribution is -2.34. The summed E-state index contributed by atoms with van der Waals surface area (Å²) in [6.07, 6.45) is -4.49. The average molecular weight is 328 g/mol. The number of hydrogen-bond acceptors (Lipinski definition) is 4. The van der Waals surface area contributed by atoms with Gasteiger partial charge in [0.25, 0.3) is 0 Å². The standard InChI is InChI=1S/C16H19F3N2O2/c1-4-23-14-8-12(16(17,18)19)11-6-5-10(7-13(11)20-14)21-15(2,3)9-22/h5-8,21-22H,4,9H2,1-3H3. The summed E-state index contributed by atoms with van der Waals surface area (Å²) in [5, 5.41) is 12.4. The van der Waals surface area contributed by atoms with Crippen LogP contribution >= 0.6 is 0 Å². The van der Waals surface area contributed by atoms with E-state index in [2.05, 4.69) is 10.3 Å². The van der Waals surface area contributed by atoms with Crippen molar-refractivity contribution in [3.05, 3.63) is 29.8 Å². The second-order valence-corrected chi connectivity index (χ2v) is 5.84. The monoisotopic (exact) mass is 328 g/mol. The smallest absolute Gasteiger partial charge is 0.417 e. The molecule has 2 N–H and O–H groups in total. The maximum Gasteiger partial charge on any atom is 0.417 e. The fourth-order valence-corrected chi connectivity index (χ4v) is 2.17. The molecule has 0 spiro atoms. The summed E-state index contributed by atoms with van der Waals surface area (Å²) in [4.78, 5) is 4.13. The van der Waals surface area contributed by atoms with E-state index >= 15 is 0 Å². The molecule has 2 aromatic rings. The van der Waals surface area contributed by atoms with Gasteiger partial charge in [-0.15, -0.1) is 0 Å². The number of aromatic nitrogens is 1. The quantitative estimate of drug-likeness (QED) is 0.876. The predicted octanol–water partition coefficient (Wildman–Crippen LogP) is 3.84. The number of aliphatic hydroxyl groups is 1. The fraction of sp³-hybridized carbons (Fsp3) is 0.438. The van der Waals surface area contributed by atoms with Crippen LogP contribution in [0.15, 0.2) is 24.3 Å². The molecule has 0 saturated heterocycles. The molecular formula is C16H19F3N2O2. The van der Waals surface area contributed by atoms with Gasteiger partial charge in [-0.3, -0.25) is 0 Å². The molecule has 7 heteroatoms. The molecule has 0 atom stereocenters. The molecule has 2 rings (SSSR count). The van der Waals surface area contributed by atoms with E-state index in [9.17, 15) is 18.3 Å². The van der Waals surface area contributed by atoms with Crippen LogP contribution in [0.3, 0.4) is 0 Å². The van der Waals surface area contributed by atoms with E-state index < -0.39 is 17.3 Å². The Morgan fingerprint density at radius 3 is 2.48 bits per heavy atom. The minimum absolute atomic E-state index is 0.00769. The van der Waals surface area contributed by atoms with Crippen LogP contribution in [0.25, 0.3) is 10.9 Å². The van der Waals surface area contributed by atoms with Gasteiger partial charge in [0, 0.05) is 17.1 Å². The predicted molar refractivity (Wildman–Crippen MR) is 82.7 cm³/mol. The lowest BCUT2D eigenvalue weighted by molar-refractivity contribution is -0.136. The molecule has 1 aromatic heterocycles. The third-order valence-corrected chi connectivity index (χ3v) is 3.26. The number of hydrogen-bond donors (Lipinski definition) is 2. The molecule has 1 aromatic carbocycles. The number of ether oxygens (including phenoxy) is 1. The highest BCUT2D eigenvalue weighted by Gasteiger charge is 2.34. The number of rotatable bonds is 5. The van der Waals surface area contributed by atoms with Gasteiger partial charge in [0.1, 0.15) is 0 Å². The Hall–Kier alpha value is -2.02. The van der Waals surface area contributed by atoms with Gasteiger partial charge in [-0.25, -0.2) is 4.98 Å². The van der Waals surface area contributed by atoms with Crippen molar-refractivity contribution in [3.8, 4) is 5.88 Å². The second kappa shape index (κ2) is 6.23. The average Bonchev–Trinajstić information content (AvgIpc) is 2.45. The van der Waals surface area contributed by atoms with E-state index in [1.165, 1.54) is 18.2 Å². The van der Waals surface area contributed by atoms with E-state index in [1.54, 1.807) is 20.8 Å². The number of aliphatic hydroxyl groups excluding tert-OH is 1. The van der Waals surface area contributed by atoms with E-state index in [1.807, 2.05) is 0 Å². The van der Waals surface area contributed by atoms with Gasteiger partial charge in [-0.1, -0.05) is 6.07 Å². The molecule has 23 heavy (non-hydrogen) atoms. The van der Waals surface area contributed by atoms with Crippen LogP contribution < -0.4 is 10.1 Å². The highest BCUT2D eigenvalue weighted by Crippen LogP contribution is 2.37. The molecule has 0 saturated carbocycles. The normalized spacial score (nSPS) is 12.5. The zero-order chi connectivity index (χ0) is 17.3. The zero-order valence-electron chi connectivity index (χ0n) is 13.2. The van der Waals surface area contributed by atoms with E-state index in [4.69, 9.17) is 4.74 Å². The highest BCUT2D eigenvalue weighted by atomic mass is 19.4. The van der Waals surface area contributed by atoms with Crippen molar-refractivity contribution in [2.75, 3.05) is 18.5 Å². The molecule has 126 valence electrons. The van der Waals surface area contributed by atoms with Gasteiger partial charge in [-0.05, 0) is 32.9 Å². The summed E-state index contributed by atoms with van der Waals surface area (Å²) in [6.45, 7) is 5.35. The van der Waals surface area contributed by atoms with Crippen molar-refractivity contribution in [1.29, 1.82) is 0 Å². The Kier molecular flexibility index (Phi) is 4.70. The van der Waals surface area contributed by atoms with Crippen molar-refractivity contribution < 1.29 is 23.0 Å². The summed E-state index contributed by atoms with van der Waals surface area (Å²) < 4.78 is 44.8. The minimum Gasteiger partial charge on any atom is -0.478 e. The summed E-state index contributed by atoms with van der Waals surface area (Å²) in [5.41, 5.74) is -0.621. The van der Waals surface area contributed by atoms with Gasteiger partial charge in [0.2, 0.25) is 5.88 Å². The van der Waals surface area contributed by atoms with Crippen LogP contribution in [0.5, 0.6) is 5.88 Å². The lowest BCUT2D eigenvalue weighted by Gasteiger charge is -2.25. The minimum atomic E-state index is -4.49. The molecular weight excluding hydrogens is 309 g/mol. The number of pyridine rings is 1. The van der Waals surface area contributed by atoms with Crippen LogP contribution in [-0.4, -0.2) is 28.8 Å². The van der Waals surface area contributed by atoms with Gasteiger partial charge in [0.05, 0.1) is 29.8 Å². The first-order valence-electron chi connectivity index (χ1n) is 7.20. The molecule has 0 amide bonds. The van der Waals surface area contributed by atoms with Crippen LogP contribution in [-0.2, 0) is 6.18 Å². The first-order chi connectivity index (χ1) is 10.7. The highest BCUT2D eigenvalue weighted by molar-refractivity contribution is 5.86. The number of nitrogens with one attached hydrogen (secondary N) is 1. The molecule has 0 fully saturated rings. The summed E-state index contributed by atoms with van der Waals surface area (Å²) in [7, 11) is 0. The number of fused-ring (bicyclic) bond motifs is 1. The topological polar surface area (TPSA) is 54.4 Å².